The van der Waals surface area contributed by atoms with Gasteiger partial charge in [-0.05, 0) is 24.4 Å². The molecule has 3 aromatic rings. The van der Waals surface area contributed by atoms with E-state index in [0.29, 0.717) is 18.8 Å². The van der Waals surface area contributed by atoms with Crippen molar-refractivity contribution in [3.8, 4) is 5.75 Å². The maximum Gasteiger partial charge on any atom is 0.260 e. The Morgan fingerprint density at radius 2 is 2.08 bits per heavy atom. The van der Waals surface area contributed by atoms with Crippen molar-refractivity contribution >= 4 is 16.8 Å². The van der Waals surface area contributed by atoms with Gasteiger partial charge in [-0.2, -0.15) is 0 Å². The number of aryl methyl sites for hydroxylation is 1. The van der Waals surface area contributed by atoms with E-state index in [2.05, 4.69) is 22.8 Å². The molecule has 1 aromatic carbocycles. The fraction of sp³-hybridized carbons (Fsp3) is 0.263. The molecule has 2 aromatic heterocycles. The molecule has 0 bridgehead atoms. The minimum atomic E-state index is -0.282. The molecule has 0 spiro atoms. The van der Waals surface area contributed by atoms with Gasteiger partial charge in [0.05, 0.1) is 12.8 Å². The first-order valence-corrected chi connectivity index (χ1v) is 8.19. The van der Waals surface area contributed by atoms with Crippen LogP contribution >= 0.6 is 0 Å². The highest BCUT2D eigenvalue weighted by Crippen LogP contribution is 2.24. The SMILES string of the molecule is Cc1occc(=O)c1OCC(=O)N1CCn2c(cc3ccccc32)C1. The molecule has 6 heteroatoms. The van der Waals surface area contributed by atoms with Crippen LogP contribution in [0, 0.1) is 6.92 Å². The largest absolute Gasteiger partial charge is 0.476 e. The number of benzene rings is 1. The van der Waals surface area contributed by atoms with Crippen LogP contribution in [0.5, 0.6) is 5.75 Å². The molecule has 3 heterocycles. The molecule has 0 saturated heterocycles. The van der Waals surface area contributed by atoms with Gasteiger partial charge in [0.2, 0.25) is 11.2 Å². The van der Waals surface area contributed by atoms with Crippen molar-refractivity contribution in [2.24, 2.45) is 0 Å². The van der Waals surface area contributed by atoms with Gasteiger partial charge in [0.25, 0.3) is 5.91 Å². The van der Waals surface area contributed by atoms with Crippen molar-refractivity contribution in [3.63, 3.8) is 0 Å². The summed E-state index contributed by atoms with van der Waals surface area (Å²) >= 11 is 0. The van der Waals surface area contributed by atoms with Gasteiger partial charge in [0.1, 0.15) is 5.76 Å². The Bertz CT molecular complexity index is 1000. The molecule has 6 nitrogen and oxygen atoms in total. The summed E-state index contributed by atoms with van der Waals surface area (Å²) in [6.07, 6.45) is 1.32. The van der Waals surface area contributed by atoms with Gasteiger partial charge in [-0.15, -0.1) is 0 Å². The average molecular weight is 338 g/mol. The van der Waals surface area contributed by atoms with E-state index in [1.54, 1.807) is 11.8 Å². The summed E-state index contributed by atoms with van der Waals surface area (Å²) in [5.41, 5.74) is 2.02. The van der Waals surface area contributed by atoms with Crippen LogP contribution in [0.3, 0.4) is 0 Å². The molecule has 0 fully saturated rings. The van der Waals surface area contributed by atoms with Gasteiger partial charge < -0.3 is 18.6 Å². The lowest BCUT2D eigenvalue weighted by atomic mass is 10.2. The minimum Gasteiger partial charge on any atom is -0.476 e. The van der Waals surface area contributed by atoms with Crippen molar-refractivity contribution in [1.29, 1.82) is 0 Å². The van der Waals surface area contributed by atoms with Crippen LogP contribution < -0.4 is 10.2 Å². The molecule has 0 aliphatic carbocycles. The fourth-order valence-electron chi connectivity index (χ4n) is 3.27. The number of carbonyl (C=O) groups is 1. The van der Waals surface area contributed by atoms with Crippen LogP contribution in [0.15, 0.2) is 51.9 Å². The lowest BCUT2D eigenvalue weighted by Gasteiger charge is -2.29. The van der Waals surface area contributed by atoms with Gasteiger partial charge >= 0.3 is 0 Å². The van der Waals surface area contributed by atoms with Gasteiger partial charge in [0.15, 0.2) is 6.61 Å². The molecule has 1 aliphatic heterocycles. The highest BCUT2D eigenvalue weighted by Gasteiger charge is 2.23. The fourth-order valence-corrected chi connectivity index (χ4v) is 3.27. The molecular formula is C19H18N2O4. The second-order valence-corrected chi connectivity index (χ2v) is 6.12. The quantitative estimate of drug-likeness (QED) is 0.735. The first-order valence-electron chi connectivity index (χ1n) is 8.19. The second-order valence-electron chi connectivity index (χ2n) is 6.12. The highest BCUT2D eigenvalue weighted by atomic mass is 16.5. The minimum absolute atomic E-state index is 0.0990. The van der Waals surface area contributed by atoms with Crippen LogP contribution in [-0.2, 0) is 17.9 Å². The van der Waals surface area contributed by atoms with Crippen LogP contribution in [0.4, 0.5) is 0 Å². The maximum absolute atomic E-state index is 12.5. The second kappa shape index (κ2) is 6.12. The number of aromatic nitrogens is 1. The molecule has 0 atom stereocenters. The predicted molar refractivity (Wildman–Crippen MR) is 92.6 cm³/mol. The molecular weight excluding hydrogens is 320 g/mol. The Morgan fingerprint density at radius 1 is 1.24 bits per heavy atom. The number of rotatable bonds is 3. The van der Waals surface area contributed by atoms with Gasteiger partial charge in [-0.25, -0.2) is 0 Å². The molecule has 1 amide bonds. The Morgan fingerprint density at radius 3 is 2.92 bits per heavy atom. The molecule has 0 saturated carbocycles. The van der Waals surface area contributed by atoms with Crippen LogP contribution in [0.2, 0.25) is 0 Å². The predicted octanol–water partition coefficient (Wildman–Crippen LogP) is 2.32. The molecule has 0 unspecified atom stereocenters. The third-order valence-electron chi connectivity index (χ3n) is 4.54. The summed E-state index contributed by atoms with van der Waals surface area (Å²) in [6.45, 7) is 3.38. The van der Waals surface area contributed by atoms with E-state index >= 15 is 0 Å². The smallest absolute Gasteiger partial charge is 0.260 e. The summed E-state index contributed by atoms with van der Waals surface area (Å²) in [7, 11) is 0. The van der Waals surface area contributed by atoms with Crippen molar-refractivity contribution in [2.45, 2.75) is 20.0 Å². The van der Waals surface area contributed by atoms with E-state index < -0.39 is 0 Å². The Hall–Kier alpha value is -3.02. The third kappa shape index (κ3) is 2.80. The highest BCUT2D eigenvalue weighted by molar-refractivity contribution is 5.82. The van der Waals surface area contributed by atoms with E-state index in [1.807, 2.05) is 12.1 Å². The number of fused-ring (bicyclic) bond motifs is 3. The number of para-hydroxylation sites is 1. The monoisotopic (exact) mass is 338 g/mol. The molecule has 128 valence electrons. The van der Waals surface area contributed by atoms with E-state index in [1.165, 1.54) is 23.2 Å². The summed E-state index contributed by atoms with van der Waals surface area (Å²) in [5.74, 6) is 0.334. The topological polar surface area (TPSA) is 64.7 Å². The number of hydrogen-bond donors (Lipinski definition) is 0. The summed E-state index contributed by atoms with van der Waals surface area (Å²) in [6, 6.07) is 11.6. The lowest BCUT2D eigenvalue weighted by Crippen LogP contribution is -2.40. The van der Waals surface area contributed by atoms with E-state index in [-0.39, 0.29) is 23.7 Å². The molecule has 25 heavy (non-hydrogen) atoms. The van der Waals surface area contributed by atoms with Crippen molar-refractivity contribution in [1.82, 2.24) is 9.47 Å². The molecule has 0 radical (unpaired) electrons. The first kappa shape index (κ1) is 15.5. The van der Waals surface area contributed by atoms with E-state index in [0.717, 1.165) is 12.2 Å². The van der Waals surface area contributed by atoms with Gasteiger partial charge in [-0.1, -0.05) is 18.2 Å². The number of nitrogens with zero attached hydrogens (tertiary/aromatic N) is 2. The zero-order chi connectivity index (χ0) is 17.4. The third-order valence-corrected chi connectivity index (χ3v) is 4.54. The number of ether oxygens (including phenoxy) is 1. The Kier molecular flexibility index (Phi) is 3.80. The zero-order valence-corrected chi connectivity index (χ0v) is 13.9. The van der Waals surface area contributed by atoms with Crippen LogP contribution in [0.1, 0.15) is 11.5 Å². The summed E-state index contributed by atoms with van der Waals surface area (Å²) < 4.78 is 12.8. The maximum atomic E-state index is 12.5. The van der Waals surface area contributed by atoms with Crippen LogP contribution in [-0.4, -0.2) is 28.5 Å². The standard InChI is InChI=1S/C19H18N2O4/c1-13-19(17(22)6-9-24-13)25-12-18(23)20-7-8-21-15(11-20)10-14-4-2-3-5-16(14)21/h2-6,9-10H,7-8,11-12H2,1H3. The van der Waals surface area contributed by atoms with E-state index in [9.17, 15) is 9.59 Å². The number of amides is 1. The Balaban J connectivity index is 1.48. The molecule has 1 aliphatic rings. The zero-order valence-electron chi connectivity index (χ0n) is 13.9. The summed E-state index contributed by atoms with van der Waals surface area (Å²) in [5, 5.41) is 1.18. The molecule has 0 N–H and O–H groups in total. The van der Waals surface area contributed by atoms with Gasteiger partial charge in [-0.3, -0.25) is 9.59 Å². The number of hydrogen-bond acceptors (Lipinski definition) is 4. The number of carbonyl (C=O) groups excluding carboxylic acids is 1. The first-order chi connectivity index (χ1) is 12.1. The van der Waals surface area contributed by atoms with Crippen molar-refractivity contribution in [2.75, 3.05) is 13.2 Å². The Labute approximate surface area is 144 Å². The summed E-state index contributed by atoms with van der Waals surface area (Å²) in [4.78, 5) is 26.0. The average Bonchev–Trinajstić information content (AvgIpc) is 2.98. The van der Waals surface area contributed by atoms with Crippen molar-refractivity contribution < 1.29 is 13.9 Å². The van der Waals surface area contributed by atoms with Gasteiger partial charge in [0, 0.05) is 30.4 Å². The normalized spacial score (nSPS) is 13.7. The van der Waals surface area contributed by atoms with Crippen LogP contribution in [0.25, 0.3) is 10.9 Å². The lowest BCUT2D eigenvalue weighted by molar-refractivity contribution is -0.134. The molecule has 4 rings (SSSR count). The van der Waals surface area contributed by atoms with E-state index in [4.69, 9.17) is 9.15 Å². The van der Waals surface area contributed by atoms with Crippen molar-refractivity contribution in [3.05, 3.63) is 64.3 Å².